The first-order chi connectivity index (χ1) is 15.9. The minimum atomic E-state index is -0.634. The molecule has 0 spiro atoms. The number of ether oxygens (including phenoxy) is 2. The lowest BCUT2D eigenvalue weighted by atomic mass is 10.1. The smallest absolute Gasteiger partial charge is 0.345 e. The highest BCUT2D eigenvalue weighted by atomic mass is 32.1. The first-order valence-corrected chi connectivity index (χ1v) is 10.3. The van der Waals surface area contributed by atoms with Crippen LogP contribution in [0.2, 0.25) is 0 Å². The molecule has 164 valence electrons. The molecular formula is C23H15N3O6S. The van der Waals surface area contributed by atoms with Crippen molar-refractivity contribution in [1.29, 1.82) is 5.26 Å². The van der Waals surface area contributed by atoms with Crippen molar-refractivity contribution in [2.75, 3.05) is 14.2 Å². The molecule has 10 heteroatoms. The first kappa shape index (κ1) is 21.7. The summed E-state index contributed by atoms with van der Waals surface area (Å²) in [6.45, 7) is 0. The topological polar surface area (TPSA) is 128 Å². The summed E-state index contributed by atoms with van der Waals surface area (Å²) in [5.74, 6) is 0.993. The van der Waals surface area contributed by atoms with Gasteiger partial charge in [-0.1, -0.05) is 12.1 Å². The zero-order chi connectivity index (χ0) is 23.5. The molecule has 4 rings (SSSR count). The molecule has 0 aliphatic carbocycles. The van der Waals surface area contributed by atoms with Crippen molar-refractivity contribution < 1.29 is 18.8 Å². The van der Waals surface area contributed by atoms with Crippen LogP contribution in [-0.2, 0) is 0 Å². The van der Waals surface area contributed by atoms with E-state index in [2.05, 4.69) is 11.1 Å². The van der Waals surface area contributed by atoms with E-state index in [9.17, 15) is 20.2 Å². The Morgan fingerprint density at radius 2 is 2.06 bits per heavy atom. The summed E-state index contributed by atoms with van der Waals surface area (Å²) in [4.78, 5) is 27.5. The lowest BCUT2D eigenvalue weighted by Gasteiger charge is -2.10. The number of fused-ring (bicyclic) bond motifs is 1. The molecule has 0 fully saturated rings. The Morgan fingerprint density at radius 3 is 2.76 bits per heavy atom. The van der Waals surface area contributed by atoms with Crippen LogP contribution in [0.5, 0.6) is 11.5 Å². The largest absolute Gasteiger partial charge is 0.493 e. The minimum Gasteiger partial charge on any atom is -0.493 e. The Labute approximate surface area is 190 Å². The normalized spacial score (nSPS) is 11.2. The van der Waals surface area contributed by atoms with Crippen molar-refractivity contribution >= 4 is 39.6 Å². The van der Waals surface area contributed by atoms with Gasteiger partial charge in [-0.3, -0.25) is 10.1 Å². The number of nitro benzene ring substituents is 1. The van der Waals surface area contributed by atoms with Crippen LogP contribution < -0.4 is 15.1 Å². The number of thiazole rings is 1. The van der Waals surface area contributed by atoms with Gasteiger partial charge in [-0.2, -0.15) is 5.26 Å². The summed E-state index contributed by atoms with van der Waals surface area (Å²) in [6.07, 6.45) is 1.62. The Balaban J connectivity index is 1.77. The maximum Gasteiger partial charge on any atom is 0.345 e. The Hall–Kier alpha value is -4.49. The van der Waals surface area contributed by atoms with E-state index >= 15 is 0 Å². The van der Waals surface area contributed by atoms with Crippen LogP contribution >= 0.6 is 11.3 Å². The number of nitro groups is 1. The Kier molecular flexibility index (Phi) is 5.89. The second kappa shape index (κ2) is 8.94. The zero-order valence-electron chi connectivity index (χ0n) is 17.4. The van der Waals surface area contributed by atoms with Crippen LogP contribution in [0.25, 0.3) is 33.9 Å². The second-order valence-corrected chi connectivity index (χ2v) is 7.58. The third kappa shape index (κ3) is 4.17. The number of nitriles is 1. The molecule has 33 heavy (non-hydrogen) atoms. The van der Waals surface area contributed by atoms with E-state index in [1.54, 1.807) is 29.7 Å². The highest BCUT2D eigenvalue weighted by Gasteiger charge is 2.16. The first-order valence-electron chi connectivity index (χ1n) is 9.46. The van der Waals surface area contributed by atoms with Gasteiger partial charge in [0, 0.05) is 28.5 Å². The maximum atomic E-state index is 12.5. The molecule has 0 bridgehead atoms. The van der Waals surface area contributed by atoms with Gasteiger partial charge in [0.15, 0.2) is 11.5 Å². The molecule has 2 heterocycles. The highest BCUT2D eigenvalue weighted by Crippen LogP contribution is 2.34. The highest BCUT2D eigenvalue weighted by molar-refractivity contribution is 7.11. The number of rotatable bonds is 6. The number of hydrogen-bond acceptors (Lipinski definition) is 9. The molecule has 0 unspecified atom stereocenters. The average molecular weight is 461 g/mol. The molecule has 0 N–H and O–H groups in total. The maximum absolute atomic E-state index is 12.5. The molecule has 9 nitrogen and oxygen atoms in total. The number of hydrogen-bond donors (Lipinski definition) is 0. The van der Waals surface area contributed by atoms with Gasteiger partial charge < -0.3 is 13.9 Å². The van der Waals surface area contributed by atoms with Crippen LogP contribution in [-0.4, -0.2) is 24.1 Å². The van der Waals surface area contributed by atoms with Gasteiger partial charge in [0.1, 0.15) is 16.7 Å². The van der Waals surface area contributed by atoms with Crippen molar-refractivity contribution in [2.24, 2.45) is 0 Å². The molecule has 2 aromatic carbocycles. The lowest BCUT2D eigenvalue weighted by molar-refractivity contribution is -0.384. The van der Waals surface area contributed by atoms with Crippen LogP contribution in [0, 0.1) is 21.4 Å². The summed E-state index contributed by atoms with van der Waals surface area (Å²) in [6, 6.07) is 12.9. The molecule has 0 amide bonds. The fourth-order valence-electron chi connectivity index (χ4n) is 3.25. The van der Waals surface area contributed by atoms with Crippen molar-refractivity contribution in [3.05, 3.63) is 79.0 Å². The van der Waals surface area contributed by atoms with E-state index in [1.165, 1.54) is 49.8 Å². The van der Waals surface area contributed by atoms with Crippen molar-refractivity contribution in [2.45, 2.75) is 0 Å². The Bertz CT molecular complexity index is 1510. The molecule has 2 aromatic heterocycles. The molecule has 0 saturated heterocycles. The van der Waals surface area contributed by atoms with Gasteiger partial charge in [0.2, 0.25) is 0 Å². The number of allylic oxidation sites excluding steroid dienone is 1. The summed E-state index contributed by atoms with van der Waals surface area (Å²) in [5.41, 5.74) is 0.805. The van der Waals surface area contributed by atoms with Gasteiger partial charge in [-0.05, 0) is 24.3 Å². The summed E-state index contributed by atoms with van der Waals surface area (Å²) >= 11 is 1.18. The SMILES string of the molecule is COc1cccc(C=C(C#N)c2nc(-c3cc4cc([N+](=O)[O-])ccc4oc3=O)cs2)c1OC. The van der Waals surface area contributed by atoms with E-state index in [4.69, 9.17) is 13.9 Å². The van der Waals surface area contributed by atoms with Crippen LogP contribution in [0.4, 0.5) is 5.69 Å². The fourth-order valence-corrected chi connectivity index (χ4v) is 4.03. The molecule has 0 radical (unpaired) electrons. The molecular weight excluding hydrogens is 446 g/mol. The monoisotopic (exact) mass is 461 g/mol. The second-order valence-electron chi connectivity index (χ2n) is 6.72. The third-order valence-corrected chi connectivity index (χ3v) is 5.67. The van der Waals surface area contributed by atoms with Gasteiger partial charge in [0.05, 0.1) is 36.0 Å². The van der Waals surface area contributed by atoms with Crippen molar-refractivity contribution in [1.82, 2.24) is 4.98 Å². The van der Waals surface area contributed by atoms with Crippen LogP contribution in [0.3, 0.4) is 0 Å². The standard InChI is InChI=1S/C23H15N3O6S/c1-30-20-5-3-4-13(21(20)31-2)8-15(11-24)22-25-18(12-33-22)17-10-14-9-16(26(28)29)6-7-19(14)32-23(17)27/h3-10,12H,1-2H3. The van der Waals surface area contributed by atoms with Crippen molar-refractivity contribution in [3.63, 3.8) is 0 Å². The van der Waals surface area contributed by atoms with E-state index in [0.29, 0.717) is 33.2 Å². The van der Waals surface area contributed by atoms with Gasteiger partial charge in [0.25, 0.3) is 5.69 Å². The molecule has 0 saturated carbocycles. The average Bonchev–Trinajstić information content (AvgIpc) is 3.31. The van der Waals surface area contributed by atoms with E-state index in [1.807, 2.05) is 0 Å². The van der Waals surface area contributed by atoms with Crippen molar-refractivity contribution in [3.8, 4) is 28.8 Å². The number of methoxy groups -OCH3 is 2. The Morgan fingerprint density at radius 1 is 1.24 bits per heavy atom. The van der Waals surface area contributed by atoms with Crippen LogP contribution in [0.1, 0.15) is 10.6 Å². The number of nitrogens with zero attached hydrogens (tertiary/aromatic N) is 3. The van der Waals surface area contributed by atoms with E-state index < -0.39 is 10.5 Å². The van der Waals surface area contributed by atoms with Crippen LogP contribution in [0.15, 0.2) is 57.1 Å². The summed E-state index contributed by atoms with van der Waals surface area (Å²) in [5, 5.41) is 23.2. The van der Waals surface area contributed by atoms with Gasteiger partial charge in [-0.25, -0.2) is 9.78 Å². The minimum absolute atomic E-state index is 0.122. The van der Waals surface area contributed by atoms with Gasteiger partial charge >= 0.3 is 5.63 Å². The number of non-ortho nitro benzene ring substituents is 1. The zero-order valence-corrected chi connectivity index (χ0v) is 18.2. The molecule has 4 aromatic rings. The van der Waals surface area contributed by atoms with E-state index in [0.717, 1.165) is 0 Å². The predicted octanol–water partition coefficient (Wildman–Crippen LogP) is 4.91. The molecule has 0 aliphatic rings. The number of aromatic nitrogens is 1. The molecule has 0 atom stereocenters. The summed E-state index contributed by atoms with van der Waals surface area (Å²) < 4.78 is 16.0. The fraction of sp³-hybridized carbons (Fsp3) is 0.0870. The molecule has 0 aliphatic heterocycles. The van der Waals surface area contributed by atoms with Gasteiger partial charge in [-0.15, -0.1) is 11.3 Å². The predicted molar refractivity (Wildman–Crippen MR) is 123 cm³/mol. The third-order valence-electron chi connectivity index (χ3n) is 4.79. The quantitative estimate of drug-likeness (QED) is 0.171. The lowest BCUT2D eigenvalue weighted by Crippen LogP contribution is -2.03. The number of para-hydroxylation sites is 1. The number of benzene rings is 2. The van der Waals surface area contributed by atoms with E-state index in [-0.39, 0.29) is 22.4 Å². The summed E-state index contributed by atoms with van der Waals surface area (Å²) in [7, 11) is 3.03.